The first kappa shape index (κ1) is 27.8. The van der Waals surface area contributed by atoms with Crippen LogP contribution in [0.15, 0.2) is 46.9 Å². The van der Waals surface area contributed by atoms with Crippen LogP contribution in [0.3, 0.4) is 0 Å². The molecule has 3 aromatic rings. The van der Waals surface area contributed by atoms with Gasteiger partial charge in [-0.1, -0.05) is 40.0 Å². The number of hydrogen-bond acceptors (Lipinski definition) is 5. The number of carbonyl (C=O) groups is 1. The average molecular weight is 495 g/mol. The molecule has 2 N–H and O–H groups in total. The Hall–Kier alpha value is -2.83. The Labute approximate surface area is 215 Å². The van der Waals surface area contributed by atoms with Crippen molar-refractivity contribution in [1.82, 2.24) is 0 Å². The summed E-state index contributed by atoms with van der Waals surface area (Å²) in [6.45, 7) is 8.79. The maximum absolute atomic E-state index is 13.5. The van der Waals surface area contributed by atoms with Crippen LogP contribution in [-0.4, -0.2) is 36.7 Å². The number of nitrogens with zero attached hydrogens (tertiary/aromatic N) is 1. The fourth-order valence-corrected chi connectivity index (χ4v) is 4.55. The lowest BCUT2D eigenvalue weighted by atomic mass is 9.98. The Morgan fingerprint density at radius 1 is 0.917 bits per heavy atom. The van der Waals surface area contributed by atoms with Gasteiger partial charge in [-0.15, -0.1) is 0 Å². The van der Waals surface area contributed by atoms with Gasteiger partial charge in [-0.25, -0.2) is 0 Å². The molecule has 0 aliphatic carbocycles. The summed E-state index contributed by atoms with van der Waals surface area (Å²) < 4.78 is 11.8. The van der Waals surface area contributed by atoms with E-state index in [1.807, 2.05) is 24.3 Å². The minimum absolute atomic E-state index is 0.0720. The van der Waals surface area contributed by atoms with Gasteiger partial charge in [0.25, 0.3) is 0 Å². The summed E-state index contributed by atoms with van der Waals surface area (Å²) in [6, 6.07) is 12.7. The molecule has 36 heavy (non-hydrogen) atoms. The van der Waals surface area contributed by atoms with Crippen molar-refractivity contribution in [2.75, 3.05) is 32.0 Å². The quantitative estimate of drug-likeness (QED) is 0.0743. The number of nitrogens with two attached hydrogens (primary N) is 1. The Morgan fingerprint density at radius 2 is 1.56 bits per heavy atom. The van der Waals surface area contributed by atoms with Crippen molar-refractivity contribution in [2.24, 2.45) is 0 Å². The van der Waals surface area contributed by atoms with Crippen LogP contribution in [0.2, 0.25) is 0 Å². The molecule has 0 spiro atoms. The number of unbranched alkanes of at least 4 members (excludes halogenated alkanes) is 3. The molecule has 0 aliphatic heterocycles. The highest BCUT2D eigenvalue weighted by Crippen LogP contribution is 2.31. The standard InChI is InChI=1S/C30H42N2O4/c1-4-7-11-28-29(26-22-24(31)14-17-27(26)36-28)30(33)23-12-15-25(16-13-23)35-21-10-20-32(34,18-8-5-2)19-9-6-3/h12-17,22H,4-11,18-21,31H2,1-3H3. The Morgan fingerprint density at radius 3 is 2.19 bits per heavy atom. The van der Waals surface area contributed by atoms with Crippen LogP contribution in [0, 0.1) is 5.21 Å². The molecule has 2 aromatic carbocycles. The summed E-state index contributed by atoms with van der Waals surface area (Å²) in [4.78, 5) is 13.5. The number of aryl methyl sites for hydroxylation is 1. The van der Waals surface area contributed by atoms with Gasteiger partial charge in [-0.2, -0.15) is 0 Å². The zero-order valence-corrected chi connectivity index (χ0v) is 22.2. The second-order valence-electron chi connectivity index (χ2n) is 9.75. The third-order valence-electron chi connectivity index (χ3n) is 6.70. The van der Waals surface area contributed by atoms with Crippen LogP contribution in [0.4, 0.5) is 5.69 Å². The van der Waals surface area contributed by atoms with Gasteiger partial charge >= 0.3 is 0 Å². The molecule has 0 amide bonds. The molecule has 3 rings (SSSR count). The molecule has 0 radical (unpaired) electrons. The third-order valence-corrected chi connectivity index (χ3v) is 6.70. The maximum Gasteiger partial charge on any atom is 0.197 e. The number of quaternary nitrogens is 1. The molecule has 6 nitrogen and oxygen atoms in total. The van der Waals surface area contributed by atoms with E-state index < -0.39 is 0 Å². The van der Waals surface area contributed by atoms with Gasteiger partial charge in [0.15, 0.2) is 5.78 Å². The second-order valence-corrected chi connectivity index (χ2v) is 9.75. The molecule has 0 aliphatic rings. The molecule has 0 bridgehead atoms. The summed E-state index contributed by atoms with van der Waals surface area (Å²) in [5.74, 6) is 1.34. The number of benzene rings is 2. The van der Waals surface area contributed by atoms with Gasteiger partial charge < -0.3 is 24.7 Å². The lowest BCUT2D eigenvalue weighted by Gasteiger charge is -2.43. The number of anilines is 1. The third kappa shape index (κ3) is 7.34. The molecule has 0 saturated heterocycles. The fourth-order valence-electron chi connectivity index (χ4n) is 4.55. The average Bonchev–Trinajstić information content (AvgIpc) is 3.25. The van der Waals surface area contributed by atoms with Crippen LogP contribution in [-0.2, 0) is 6.42 Å². The van der Waals surface area contributed by atoms with Crippen LogP contribution in [0.25, 0.3) is 11.0 Å². The van der Waals surface area contributed by atoms with Gasteiger partial charge in [-0.3, -0.25) is 4.79 Å². The smallest absolute Gasteiger partial charge is 0.197 e. The van der Waals surface area contributed by atoms with E-state index in [0.29, 0.717) is 73.0 Å². The summed E-state index contributed by atoms with van der Waals surface area (Å²) in [7, 11) is 0. The predicted octanol–water partition coefficient (Wildman–Crippen LogP) is 7.27. The molecule has 0 fully saturated rings. The first-order chi connectivity index (χ1) is 17.4. The number of nitrogen functional groups attached to an aromatic ring is 1. The lowest BCUT2D eigenvalue weighted by molar-refractivity contribution is -0.881. The number of hydroxylamine groups is 3. The van der Waals surface area contributed by atoms with Crippen LogP contribution < -0.4 is 10.5 Å². The van der Waals surface area contributed by atoms with Crippen LogP contribution >= 0.6 is 0 Å². The number of furan rings is 1. The zero-order valence-electron chi connectivity index (χ0n) is 22.2. The number of ketones is 1. The number of rotatable bonds is 16. The van der Waals surface area contributed by atoms with E-state index in [4.69, 9.17) is 14.9 Å². The van der Waals surface area contributed by atoms with Crippen molar-refractivity contribution >= 4 is 22.4 Å². The van der Waals surface area contributed by atoms with E-state index in [9.17, 15) is 10.0 Å². The second kappa shape index (κ2) is 13.5. The summed E-state index contributed by atoms with van der Waals surface area (Å²) in [5, 5.41) is 13.9. The molecule has 1 aromatic heterocycles. The normalized spacial score (nSPS) is 11.8. The fraction of sp³-hybridized carbons (Fsp3) is 0.500. The van der Waals surface area contributed by atoms with Crippen molar-refractivity contribution in [2.45, 2.75) is 72.1 Å². The molecular formula is C30H42N2O4. The van der Waals surface area contributed by atoms with Gasteiger partial charge in [0.1, 0.15) is 17.1 Å². The molecule has 196 valence electrons. The van der Waals surface area contributed by atoms with Crippen molar-refractivity contribution in [3.8, 4) is 5.75 Å². The number of fused-ring (bicyclic) bond motifs is 1. The molecule has 0 unspecified atom stereocenters. The van der Waals surface area contributed by atoms with Crippen LogP contribution in [0.1, 0.15) is 87.4 Å². The van der Waals surface area contributed by atoms with E-state index in [1.54, 1.807) is 18.2 Å². The van der Waals surface area contributed by atoms with E-state index in [2.05, 4.69) is 20.8 Å². The van der Waals surface area contributed by atoms with E-state index in [1.165, 1.54) is 0 Å². The molecule has 0 saturated carbocycles. The predicted molar refractivity (Wildman–Crippen MR) is 147 cm³/mol. The SMILES string of the molecule is CCCCc1oc2ccc(N)cc2c1C(=O)c1ccc(OCCC[N+]([O-])(CCCC)CCCC)cc1. The van der Waals surface area contributed by atoms with E-state index in [-0.39, 0.29) is 10.4 Å². The molecule has 1 heterocycles. The first-order valence-corrected chi connectivity index (χ1v) is 13.6. The maximum atomic E-state index is 13.5. The Kier molecular flexibility index (Phi) is 10.4. The summed E-state index contributed by atoms with van der Waals surface area (Å²) in [5.41, 5.74) is 8.48. The van der Waals surface area contributed by atoms with E-state index >= 15 is 0 Å². The highest BCUT2D eigenvalue weighted by atomic mass is 16.5. The minimum atomic E-state index is -0.123. The Bertz CT molecular complexity index is 1100. The topological polar surface area (TPSA) is 88.5 Å². The van der Waals surface area contributed by atoms with E-state index in [0.717, 1.165) is 43.9 Å². The van der Waals surface area contributed by atoms with Crippen molar-refractivity contribution in [1.29, 1.82) is 0 Å². The Balaban J connectivity index is 1.65. The first-order valence-electron chi connectivity index (χ1n) is 13.6. The largest absolute Gasteiger partial charge is 0.633 e. The number of ether oxygens (including phenoxy) is 1. The van der Waals surface area contributed by atoms with Gasteiger partial charge in [-0.05, 0) is 61.7 Å². The lowest BCUT2D eigenvalue weighted by Crippen LogP contribution is -2.44. The van der Waals surface area contributed by atoms with Gasteiger partial charge in [0.2, 0.25) is 0 Å². The zero-order chi connectivity index (χ0) is 26.0. The monoisotopic (exact) mass is 494 g/mol. The van der Waals surface area contributed by atoms with Gasteiger partial charge in [0.05, 0.1) is 31.8 Å². The molecule has 6 heteroatoms. The number of carbonyl (C=O) groups excluding carboxylic acids is 1. The van der Waals surface area contributed by atoms with Crippen molar-refractivity contribution in [3.05, 3.63) is 64.6 Å². The highest BCUT2D eigenvalue weighted by molar-refractivity contribution is 6.17. The highest BCUT2D eigenvalue weighted by Gasteiger charge is 2.22. The molecule has 0 atom stereocenters. The van der Waals surface area contributed by atoms with Crippen molar-refractivity contribution < 1.29 is 18.6 Å². The summed E-state index contributed by atoms with van der Waals surface area (Å²) in [6.07, 6.45) is 7.38. The number of hydrogen-bond donors (Lipinski definition) is 1. The summed E-state index contributed by atoms with van der Waals surface area (Å²) >= 11 is 0. The van der Waals surface area contributed by atoms with Gasteiger partial charge in [0, 0.05) is 29.5 Å². The van der Waals surface area contributed by atoms with Crippen LogP contribution in [0.5, 0.6) is 5.75 Å². The molecular weight excluding hydrogens is 452 g/mol. The van der Waals surface area contributed by atoms with Crippen molar-refractivity contribution in [3.63, 3.8) is 0 Å². The minimum Gasteiger partial charge on any atom is -0.633 e.